The lowest BCUT2D eigenvalue weighted by molar-refractivity contribution is -0.130. The molecule has 4 heterocycles. The normalized spacial score (nSPS) is 14.2. The van der Waals surface area contributed by atoms with Crippen LogP contribution in [-0.2, 0) is 11.2 Å². The molecular weight excluding hydrogens is 430 g/mol. The van der Waals surface area contributed by atoms with Crippen molar-refractivity contribution in [2.45, 2.75) is 13.3 Å². The number of aromatic amines is 1. The first kappa shape index (κ1) is 20.9. The van der Waals surface area contributed by atoms with E-state index in [0.717, 1.165) is 23.3 Å². The van der Waals surface area contributed by atoms with Gasteiger partial charge in [0.1, 0.15) is 17.2 Å². The Morgan fingerprint density at radius 1 is 1.12 bits per heavy atom. The Morgan fingerprint density at radius 3 is 2.58 bits per heavy atom. The number of anilines is 3. The molecule has 5 rings (SSSR count). The molecule has 33 heavy (non-hydrogen) atoms. The zero-order valence-corrected chi connectivity index (χ0v) is 17.9. The third-order valence-electron chi connectivity index (χ3n) is 5.64. The van der Waals surface area contributed by atoms with E-state index in [9.17, 15) is 13.6 Å². The van der Waals surface area contributed by atoms with E-state index in [-0.39, 0.29) is 17.9 Å². The van der Waals surface area contributed by atoms with Crippen LogP contribution >= 0.6 is 0 Å². The van der Waals surface area contributed by atoms with Gasteiger partial charge in [0.05, 0.1) is 6.42 Å². The van der Waals surface area contributed by atoms with Gasteiger partial charge < -0.3 is 15.1 Å². The molecule has 1 aromatic carbocycles. The minimum absolute atomic E-state index is 0.198. The van der Waals surface area contributed by atoms with Gasteiger partial charge in [-0.3, -0.25) is 9.89 Å². The molecule has 1 aliphatic rings. The number of aromatic nitrogens is 5. The molecule has 0 unspecified atom stereocenters. The highest BCUT2D eigenvalue weighted by atomic mass is 19.1. The smallest absolute Gasteiger partial charge is 0.245 e. The van der Waals surface area contributed by atoms with Crippen LogP contribution in [0.5, 0.6) is 0 Å². The number of hydrogen-bond acceptors (Lipinski definition) is 6. The minimum atomic E-state index is -0.706. The highest BCUT2D eigenvalue weighted by Crippen LogP contribution is 2.23. The molecule has 9 nitrogen and oxygen atoms in total. The summed E-state index contributed by atoms with van der Waals surface area (Å²) < 4.78 is 29.6. The fourth-order valence-electron chi connectivity index (χ4n) is 3.87. The molecule has 11 heteroatoms. The standard InChI is InChI=1S/C22H22F2N8O/c1-14-12-19(28-27-14)25-21-18-6-3-7-32(18)29-22(26-21)31-10-8-30(9-11-31)20(33)13-15-16(23)4-2-5-17(15)24/h2-7,12H,8-11,13H2,1H3,(H2,25,26,27,28,29). The second-order valence-electron chi connectivity index (χ2n) is 7.90. The highest BCUT2D eigenvalue weighted by Gasteiger charge is 2.25. The van der Waals surface area contributed by atoms with Crippen LogP contribution in [0, 0.1) is 18.6 Å². The molecule has 170 valence electrons. The van der Waals surface area contributed by atoms with E-state index in [1.165, 1.54) is 6.07 Å². The van der Waals surface area contributed by atoms with Crippen LogP contribution in [0.2, 0.25) is 0 Å². The van der Waals surface area contributed by atoms with Crippen molar-refractivity contribution >= 4 is 29.0 Å². The van der Waals surface area contributed by atoms with Gasteiger partial charge in [-0.25, -0.2) is 13.3 Å². The monoisotopic (exact) mass is 452 g/mol. The fraction of sp³-hybridized carbons (Fsp3) is 0.273. The topological polar surface area (TPSA) is 94.5 Å². The maximum atomic E-state index is 13.9. The summed E-state index contributed by atoms with van der Waals surface area (Å²) in [5.41, 5.74) is 1.53. The number of nitrogens with zero attached hydrogens (tertiary/aromatic N) is 6. The Hall–Kier alpha value is -4.02. The second-order valence-corrected chi connectivity index (χ2v) is 7.90. The number of carbonyl (C=O) groups is 1. The van der Waals surface area contributed by atoms with E-state index in [4.69, 9.17) is 0 Å². The number of aryl methyl sites for hydroxylation is 1. The van der Waals surface area contributed by atoms with E-state index >= 15 is 0 Å². The molecule has 0 saturated carbocycles. The lowest BCUT2D eigenvalue weighted by Gasteiger charge is -2.35. The third kappa shape index (κ3) is 4.21. The number of rotatable bonds is 5. The van der Waals surface area contributed by atoms with Crippen molar-refractivity contribution in [2.75, 3.05) is 36.4 Å². The van der Waals surface area contributed by atoms with E-state index in [2.05, 4.69) is 25.6 Å². The predicted molar refractivity (Wildman–Crippen MR) is 118 cm³/mol. The van der Waals surface area contributed by atoms with Crippen LogP contribution < -0.4 is 10.2 Å². The van der Waals surface area contributed by atoms with Gasteiger partial charge in [0, 0.05) is 49.7 Å². The molecule has 4 aromatic rings. The molecule has 1 saturated heterocycles. The van der Waals surface area contributed by atoms with Crippen LogP contribution in [0.15, 0.2) is 42.6 Å². The molecular formula is C22H22F2N8O. The summed E-state index contributed by atoms with van der Waals surface area (Å²) in [6.07, 6.45) is 1.53. The quantitative estimate of drug-likeness (QED) is 0.484. The Balaban J connectivity index is 1.30. The maximum absolute atomic E-state index is 13.9. The second kappa shape index (κ2) is 8.49. The van der Waals surface area contributed by atoms with Gasteiger partial charge in [-0.05, 0) is 31.2 Å². The van der Waals surface area contributed by atoms with Crippen LogP contribution in [-0.4, -0.2) is 61.8 Å². The number of hydrogen-bond donors (Lipinski definition) is 2. The third-order valence-corrected chi connectivity index (χ3v) is 5.64. The van der Waals surface area contributed by atoms with Gasteiger partial charge in [0.2, 0.25) is 11.9 Å². The zero-order valence-electron chi connectivity index (χ0n) is 17.9. The number of nitrogens with one attached hydrogen (secondary N) is 2. The van der Waals surface area contributed by atoms with Crippen molar-refractivity contribution in [3.8, 4) is 0 Å². The summed E-state index contributed by atoms with van der Waals surface area (Å²) in [5.74, 6) is 0.0589. The molecule has 1 amide bonds. The Kier molecular flexibility index (Phi) is 5.37. The van der Waals surface area contributed by atoms with Crippen molar-refractivity contribution in [3.05, 3.63) is 65.5 Å². The maximum Gasteiger partial charge on any atom is 0.245 e. The first-order valence-corrected chi connectivity index (χ1v) is 10.6. The molecule has 1 aliphatic heterocycles. The number of piperazine rings is 1. The Morgan fingerprint density at radius 2 is 1.88 bits per heavy atom. The lowest BCUT2D eigenvalue weighted by Crippen LogP contribution is -2.49. The van der Waals surface area contributed by atoms with Gasteiger partial charge in [-0.2, -0.15) is 10.1 Å². The zero-order chi connectivity index (χ0) is 22.9. The summed E-state index contributed by atoms with van der Waals surface area (Å²) in [5, 5.41) is 14.9. The molecule has 3 aromatic heterocycles. The largest absolute Gasteiger partial charge is 0.339 e. The van der Waals surface area contributed by atoms with E-state index in [1.807, 2.05) is 36.2 Å². The summed E-state index contributed by atoms with van der Waals surface area (Å²) in [7, 11) is 0. The van der Waals surface area contributed by atoms with Crippen LogP contribution in [0.25, 0.3) is 5.52 Å². The number of fused-ring (bicyclic) bond motifs is 1. The van der Waals surface area contributed by atoms with Crippen molar-refractivity contribution in [1.29, 1.82) is 0 Å². The minimum Gasteiger partial charge on any atom is -0.339 e. The number of benzene rings is 1. The molecule has 0 spiro atoms. The number of amides is 1. The van der Waals surface area contributed by atoms with Crippen LogP contribution in [0.4, 0.5) is 26.4 Å². The Bertz CT molecular complexity index is 1290. The van der Waals surface area contributed by atoms with E-state index in [0.29, 0.717) is 43.8 Å². The molecule has 2 N–H and O–H groups in total. The van der Waals surface area contributed by atoms with Gasteiger partial charge in [0.25, 0.3) is 0 Å². The average Bonchev–Trinajstić information content (AvgIpc) is 3.45. The van der Waals surface area contributed by atoms with Crippen molar-refractivity contribution in [2.24, 2.45) is 0 Å². The van der Waals surface area contributed by atoms with Crippen molar-refractivity contribution in [1.82, 2.24) is 29.7 Å². The van der Waals surface area contributed by atoms with Gasteiger partial charge in [-0.1, -0.05) is 6.07 Å². The average molecular weight is 452 g/mol. The first-order chi connectivity index (χ1) is 16.0. The predicted octanol–water partition coefficient (Wildman–Crippen LogP) is 2.67. The van der Waals surface area contributed by atoms with Gasteiger partial charge in [-0.15, -0.1) is 5.10 Å². The Labute approximate surface area is 188 Å². The summed E-state index contributed by atoms with van der Waals surface area (Å²) >= 11 is 0. The van der Waals surface area contributed by atoms with Crippen LogP contribution in [0.3, 0.4) is 0 Å². The molecule has 0 bridgehead atoms. The SMILES string of the molecule is Cc1cc(Nc2nc(N3CCN(C(=O)Cc4c(F)cccc4F)CC3)nn3cccc23)n[nH]1. The highest BCUT2D eigenvalue weighted by molar-refractivity contribution is 5.79. The van der Waals surface area contributed by atoms with E-state index in [1.54, 1.807) is 9.42 Å². The molecule has 1 fully saturated rings. The van der Waals surface area contributed by atoms with Crippen LogP contribution in [0.1, 0.15) is 11.3 Å². The molecule has 0 aliphatic carbocycles. The molecule has 0 atom stereocenters. The fourth-order valence-corrected chi connectivity index (χ4v) is 3.87. The number of H-pyrrole nitrogens is 1. The summed E-state index contributed by atoms with van der Waals surface area (Å²) in [6, 6.07) is 9.28. The number of halogens is 2. The first-order valence-electron chi connectivity index (χ1n) is 10.6. The van der Waals surface area contributed by atoms with E-state index < -0.39 is 11.6 Å². The van der Waals surface area contributed by atoms with Gasteiger partial charge >= 0.3 is 0 Å². The van der Waals surface area contributed by atoms with Crippen molar-refractivity contribution < 1.29 is 13.6 Å². The van der Waals surface area contributed by atoms with Crippen molar-refractivity contribution in [3.63, 3.8) is 0 Å². The summed E-state index contributed by atoms with van der Waals surface area (Å²) in [6.45, 7) is 3.73. The number of carbonyl (C=O) groups excluding carboxylic acids is 1. The molecule has 0 radical (unpaired) electrons. The lowest BCUT2D eigenvalue weighted by atomic mass is 10.1. The van der Waals surface area contributed by atoms with Gasteiger partial charge in [0.15, 0.2) is 11.6 Å². The summed E-state index contributed by atoms with van der Waals surface area (Å²) in [4.78, 5) is 20.9.